The molecular formula is C32H33NO8. The van der Waals surface area contributed by atoms with E-state index >= 15 is 0 Å². The molecule has 9 nitrogen and oxygen atoms in total. The number of allylic oxidation sites excluding steroid dienone is 1. The Hall–Kier alpha value is -4.92. The fourth-order valence-electron chi connectivity index (χ4n) is 3.95. The van der Waals surface area contributed by atoms with Crippen LogP contribution < -0.4 is 14.8 Å². The lowest BCUT2D eigenvalue weighted by atomic mass is 9.73. The van der Waals surface area contributed by atoms with Crippen molar-refractivity contribution in [1.82, 2.24) is 5.32 Å². The van der Waals surface area contributed by atoms with Crippen LogP contribution in [0.1, 0.15) is 38.8 Å². The van der Waals surface area contributed by atoms with Gasteiger partial charge in [-0.1, -0.05) is 72.8 Å². The summed E-state index contributed by atoms with van der Waals surface area (Å²) in [4.78, 5) is 53.6. The molecule has 9 heteroatoms. The molecule has 0 aliphatic heterocycles. The largest absolute Gasteiger partial charge is 0.466 e. The van der Waals surface area contributed by atoms with Crippen molar-refractivity contribution in [3.8, 4) is 11.5 Å². The molecule has 3 aromatic carbocycles. The number of hydrogen-bond acceptors (Lipinski definition) is 8. The maximum Gasteiger partial charge on any atom is 0.408 e. The number of benzene rings is 3. The molecule has 0 spiro atoms. The molecule has 1 amide bonds. The Morgan fingerprint density at radius 3 is 1.66 bits per heavy atom. The van der Waals surface area contributed by atoms with Gasteiger partial charge in [-0.3, -0.25) is 9.59 Å². The average molecular weight is 560 g/mol. The standard InChI is InChI=1S/C32H33NO8/c1-31(2,3)41-30(37)33-27(23-15-8-5-9-16-23)32(22-14-21-26(34)38-4,28(35)39-24-17-10-6-11-18-24)29(36)40-25-19-12-7-13-20-25/h5-21,27H,22H2,1-4H3,(H,33,37)/b21-14+/t27-/m1/s1. The second-order valence-corrected chi connectivity index (χ2v) is 10.00. The monoisotopic (exact) mass is 559 g/mol. The molecule has 214 valence electrons. The first-order valence-electron chi connectivity index (χ1n) is 12.9. The normalized spacial score (nSPS) is 12.2. The molecule has 3 aromatic rings. The number of hydrogen-bond donors (Lipinski definition) is 1. The zero-order chi connectivity index (χ0) is 29.9. The van der Waals surface area contributed by atoms with Gasteiger partial charge in [-0.15, -0.1) is 0 Å². The van der Waals surface area contributed by atoms with E-state index in [9.17, 15) is 19.2 Å². The Morgan fingerprint density at radius 1 is 0.756 bits per heavy atom. The molecule has 0 radical (unpaired) electrons. The van der Waals surface area contributed by atoms with Crippen LogP contribution in [-0.2, 0) is 23.9 Å². The smallest absolute Gasteiger partial charge is 0.408 e. The van der Waals surface area contributed by atoms with Gasteiger partial charge in [0.1, 0.15) is 17.1 Å². The van der Waals surface area contributed by atoms with Crippen molar-refractivity contribution in [1.29, 1.82) is 0 Å². The van der Waals surface area contributed by atoms with Gasteiger partial charge in [-0.05, 0) is 57.0 Å². The molecule has 0 fully saturated rings. The van der Waals surface area contributed by atoms with Gasteiger partial charge in [0.15, 0.2) is 5.41 Å². The van der Waals surface area contributed by atoms with E-state index in [-0.39, 0.29) is 11.5 Å². The summed E-state index contributed by atoms with van der Waals surface area (Å²) in [5.41, 5.74) is -2.73. The molecular weight excluding hydrogens is 526 g/mol. The Labute approximate surface area is 239 Å². The summed E-state index contributed by atoms with van der Waals surface area (Å²) in [5, 5.41) is 2.70. The summed E-state index contributed by atoms with van der Waals surface area (Å²) in [6, 6.07) is 23.4. The summed E-state index contributed by atoms with van der Waals surface area (Å²) >= 11 is 0. The summed E-state index contributed by atoms with van der Waals surface area (Å²) in [6.07, 6.45) is 1.09. The van der Waals surface area contributed by atoms with Crippen molar-refractivity contribution in [2.45, 2.75) is 38.8 Å². The highest BCUT2D eigenvalue weighted by molar-refractivity contribution is 6.03. The molecule has 1 N–H and O–H groups in total. The van der Waals surface area contributed by atoms with Gasteiger partial charge in [-0.2, -0.15) is 0 Å². The minimum absolute atomic E-state index is 0.162. The van der Waals surface area contributed by atoms with Gasteiger partial charge >= 0.3 is 24.0 Å². The van der Waals surface area contributed by atoms with Gasteiger partial charge in [-0.25, -0.2) is 9.59 Å². The van der Waals surface area contributed by atoms with Crippen molar-refractivity contribution in [3.63, 3.8) is 0 Å². The van der Waals surface area contributed by atoms with Crippen LogP contribution in [0, 0.1) is 5.41 Å². The molecule has 0 heterocycles. The fraction of sp³-hybridized carbons (Fsp3) is 0.250. The highest BCUT2D eigenvalue weighted by Crippen LogP contribution is 2.41. The lowest BCUT2D eigenvalue weighted by Gasteiger charge is -2.36. The van der Waals surface area contributed by atoms with Crippen LogP contribution in [0.2, 0.25) is 0 Å². The van der Waals surface area contributed by atoms with Crippen molar-refractivity contribution in [2.24, 2.45) is 5.41 Å². The predicted octanol–water partition coefficient (Wildman–Crippen LogP) is 5.57. The van der Waals surface area contributed by atoms with E-state index in [1.807, 2.05) is 0 Å². The minimum atomic E-state index is -2.24. The summed E-state index contributed by atoms with van der Waals surface area (Å²) in [6.45, 7) is 5.05. The fourth-order valence-corrected chi connectivity index (χ4v) is 3.95. The Balaban J connectivity index is 2.24. The number of rotatable bonds is 10. The highest BCUT2D eigenvalue weighted by atomic mass is 16.6. The molecule has 41 heavy (non-hydrogen) atoms. The average Bonchev–Trinajstić information content (AvgIpc) is 2.94. The van der Waals surface area contributed by atoms with E-state index in [1.165, 1.54) is 13.2 Å². The number of ether oxygens (including phenoxy) is 4. The number of methoxy groups -OCH3 is 1. The zero-order valence-electron chi connectivity index (χ0n) is 23.4. The SMILES string of the molecule is COC(=O)/C=C/CC(C(=O)Oc1ccccc1)(C(=O)Oc1ccccc1)[C@H](NC(=O)OC(C)(C)C)c1ccccc1. The third kappa shape index (κ3) is 8.53. The number of alkyl carbamates (subject to hydrolysis) is 1. The van der Waals surface area contributed by atoms with Crippen molar-refractivity contribution in [2.75, 3.05) is 7.11 Å². The quantitative estimate of drug-likeness (QED) is 0.148. The van der Waals surface area contributed by atoms with E-state index in [4.69, 9.17) is 18.9 Å². The summed E-state index contributed by atoms with van der Waals surface area (Å²) in [7, 11) is 1.20. The first-order chi connectivity index (χ1) is 19.5. The number of carbonyl (C=O) groups excluding carboxylic acids is 4. The van der Waals surface area contributed by atoms with Gasteiger partial charge in [0.25, 0.3) is 0 Å². The van der Waals surface area contributed by atoms with E-state index in [0.29, 0.717) is 5.56 Å². The molecule has 0 aliphatic carbocycles. The number of carbonyl (C=O) groups is 4. The van der Waals surface area contributed by atoms with E-state index in [2.05, 4.69) is 5.32 Å². The maximum absolute atomic E-state index is 14.2. The second-order valence-electron chi connectivity index (χ2n) is 10.00. The summed E-state index contributed by atoms with van der Waals surface area (Å²) in [5.74, 6) is -2.43. The second kappa shape index (κ2) is 13.9. The zero-order valence-corrected chi connectivity index (χ0v) is 23.4. The van der Waals surface area contributed by atoms with Crippen LogP contribution in [0.4, 0.5) is 4.79 Å². The molecule has 0 saturated heterocycles. The lowest BCUT2D eigenvalue weighted by Crippen LogP contribution is -2.54. The molecule has 0 aliphatic rings. The molecule has 0 aromatic heterocycles. The van der Waals surface area contributed by atoms with Crippen molar-refractivity contribution >= 4 is 24.0 Å². The molecule has 0 saturated carbocycles. The number of nitrogens with one attached hydrogen (secondary N) is 1. The Kier molecular flexibility index (Phi) is 10.4. The van der Waals surface area contributed by atoms with Gasteiger partial charge < -0.3 is 24.3 Å². The topological polar surface area (TPSA) is 117 Å². The van der Waals surface area contributed by atoms with Crippen LogP contribution in [0.25, 0.3) is 0 Å². The number of amides is 1. The maximum atomic E-state index is 14.2. The van der Waals surface area contributed by atoms with Crippen LogP contribution in [0.15, 0.2) is 103 Å². The Bertz CT molecular complexity index is 1300. The molecule has 0 bridgehead atoms. The van der Waals surface area contributed by atoms with Crippen LogP contribution in [0.5, 0.6) is 11.5 Å². The van der Waals surface area contributed by atoms with Gasteiger partial charge in [0, 0.05) is 6.08 Å². The van der Waals surface area contributed by atoms with Gasteiger partial charge in [0.2, 0.25) is 0 Å². The van der Waals surface area contributed by atoms with Crippen molar-refractivity contribution in [3.05, 3.63) is 109 Å². The van der Waals surface area contributed by atoms with Crippen LogP contribution in [0.3, 0.4) is 0 Å². The van der Waals surface area contributed by atoms with Crippen LogP contribution >= 0.6 is 0 Å². The number of esters is 3. The Morgan fingerprint density at radius 2 is 1.22 bits per heavy atom. The van der Waals surface area contributed by atoms with E-state index in [1.54, 1.807) is 112 Å². The predicted molar refractivity (Wildman–Crippen MR) is 151 cm³/mol. The molecule has 1 atom stereocenters. The lowest BCUT2D eigenvalue weighted by molar-refractivity contribution is -0.163. The first kappa shape index (κ1) is 30.6. The molecule has 0 unspecified atom stereocenters. The van der Waals surface area contributed by atoms with E-state index in [0.717, 1.165) is 6.08 Å². The first-order valence-corrected chi connectivity index (χ1v) is 12.9. The number of para-hydroxylation sites is 2. The third-order valence-electron chi connectivity index (χ3n) is 5.82. The van der Waals surface area contributed by atoms with Crippen molar-refractivity contribution < 1.29 is 38.1 Å². The summed E-state index contributed by atoms with van der Waals surface area (Å²) < 4.78 is 21.6. The third-order valence-corrected chi connectivity index (χ3v) is 5.82. The highest BCUT2D eigenvalue weighted by Gasteiger charge is 2.56. The van der Waals surface area contributed by atoms with Crippen LogP contribution in [-0.4, -0.2) is 36.7 Å². The van der Waals surface area contributed by atoms with Gasteiger partial charge in [0.05, 0.1) is 13.2 Å². The molecule has 3 rings (SSSR count). The van der Waals surface area contributed by atoms with E-state index < -0.39 is 47.5 Å². The minimum Gasteiger partial charge on any atom is -0.466 e.